The summed E-state index contributed by atoms with van der Waals surface area (Å²) in [7, 11) is 3.10. The summed E-state index contributed by atoms with van der Waals surface area (Å²) in [6, 6.07) is 14.6. The maximum atomic E-state index is 11.0. The molecule has 0 radical (unpaired) electrons. The molecule has 4 heteroatoms. The van der Waals surface area contributed by atoms with Gasteiger partial charge in [-0.25, -0.2) is 0 Å². The molecule has 0 saturated heterocycles. The van der Waals surface area contributed by atoms with Crippen LogP contribution in [0, 0.1) is 0 Å². The van der Waals surface area contributed by atoms with E-state index >= 15 is 0 Å². The lowest BCUT2D eigenvalue weighted by Gasteiger charge is -2.29. The molecule has 0 aromatic heterocycles. The average molecular weight is 293 g/mol. The summed E-state index contributed by atoms with van der Waals surface area (Å²) in [6.07, 6.45) is 0. The monoisotopic (exact) mass is 292 g/mol. The Balaban J connectivity index is 2.53. The number of hydrogen-bond donors (Lipinski definition) is 1. The third kappa shape index (κ3) is 2.80. The van der Waals surface area contributed by atoms with Crippen molar-refractivity contribution in [3.8, 4) is 5.75 Å². The van der Waals surface area contributed by atoms with Crippen LogP contribution in [0.3, 0.4) is 0 Å². The second-order valence-electron chi connectivity index (χ2n) is 4.51. The van der Waals surface area contributed by atoms with E-state index in [1.54, 1.807) is 32.4 Å². The first-order valence-electron chi connectivity index (χ1n) is 6.22. The minimum Gasteiger partial charge on any atom is -0.495 e. The number of aliphatic hydroxyl groups is 1. The lowest BCUT2D eigenvalue weighted by atomic mass is 9.87. The van der Waals surface area contributed by atoms with Gasteiger partial charge in [0.25, 0.3) is 0 Å². The molecule has 0 amide bonds. The van der Waals surface area contributed by atoms with Crippen LogP contribution in [0.15, 0.2) is 48.5 Å². The molecule has 0 heterocycles. The van der Waals surface area contributed by atoms with Gasteiger partial charge >= 0.3 is 0 Å². The van der Waals surface area contributed by atoms with E-state index in [1.165, 1.54) is 0 Å². The Morgan fingerprint density at radius 2 is 1.75 bits per heavy atom. The molecule has 0 aliphatic carbocycles. The second-order valence-corrected chi connectivity index (χ2v) is 4.92. The van der Waals surface area contributed by atoms with E-state index in [0.29, 0.717) is 16.3 Å². The van der Waals surface area contributed by atoms with E-state index in [-0.39, 0.29) is 6.61 Å². The van der Waals surface area contributed by atoms with Crippen molar-refractivity contribution in [2.45, 2.75) is 5.60 Å². The number of rotatable bonds is 5. The van der Waals surface area contributed by atoms with Crippen molar-refractivity contribution in [1.82, 2.24) is 0 Å². The predicted molar refractivity (Wildman–Crippen MR) is 79.3 cm³/mol. The van der Waals surface area contributed by atoms with Gasteiger partial charge in [0, 0.05) is 7.11 Å². The summed E-state index contributed by atoms with van der Waals surface area (Å²) in [5, 5.41) is 11.5. The van der Waals surface area contributed by atoms with Gasteiger partial charge in [0.1, 0.15) is 11.4 Å². The van der Waals surface area contributed by atoms with Gasteiger partial charge in [0.05, 0.1) is 18.7 Å². The second kappa shape index (κ2) is 6.27. The Bertz CT molecular complexity index is 571. The van der Waals surface area contributed by atoms with Gasteiger partial charge in [0.2, 0.25) is 0 Å². The summed E-state index contributed by atoms with van der Waals surface area (Å²) >= 11 is 6.03. The molecule has 0 bridgehead atoms. The summed E-state index contributed by atoms with van der Waals surface area (Å²) < 4.78 is 10.4. The van der Waals surface area contributed by atoms with E-state index in [4.69, 9.17) is 21.1 Å². The van der Waals surface area contributed by atoms with Crippen molar-refractivity contribution >= 4 is 11.6 Å². The lowest BCUT2D eigenvalue weighted by molar-refractivity contribution is -0.00339. The van der Waals surface area contributed by atoms with Crippen LogP contribution in [-0.4, -0.2) is 25.9 Å². The fourth-order valence-corrected chi connectivity index (χ4v) is 2.37. The smallest absolute Gasteiger partial charge is 0.138 e. The fraction of sp³-hybridized carbons (Fsp3) is 0.250. The van der Waals surface area contributed by atoms with Gasteiger partial charge in [-0.2, -0.15) is 0 Å². The molecule has 106 valence electrons. The van der Waals surface area contributed by atoms with Crippen LogP contribution in [0.5, 0.6) is 5.75 Å². The normalized spacial score (nSPS) is 13.8. The molecule has 2 rings (SSSR count). The highest BCUT2D eigenvalue weighted by Gasteiger charge is 2.32. The minimum atomic E-state index is -1.24. The highest BCUT2D eigenvalue weighted by atomic mass is 35.5. The zero-order valence-electron chi connectivity index (χ0n) is 11.5. The molecule has 0 aliphatic rings. The molecule has 0 aliphatic heterocycles. The first kappa shape index (κ1) is 14.9. The van der Waals surface area contributed by atoms with E-state index < -0.39 is 5.60 Å². The van der Waals surface area contributed by atoms with Crippen molar-refractivity contribution < 1.29 is 14.6 Å². The SMILES string of the molecule is COCC(O)(c1ccccc1)c1ccc(Cl)c(OC)c1. The molecule has 0 spiro atoms. The van der Waals surface area contributed by atoms with Crippen LogP contribution >= 0.6 is 11.6 Å². The predicted octanol–water partition coefficient (Wildman–Crippen LogP) is 3.23. The zero-order valence-corrected chi connectivity index (χ0v) is 12.2. The van der Waals surface area contributed by atoms with Gasteiger partial charge in [-0.05, 0) is 23.3 Å². The summed E-state index contributed by atoms with van der Waals surface area (Å²) in [6.45, 7) is 0.141. The topological polar surface area (TPSA) is 38.7 Å². The van der Waals surface area contributed by atoms with Crippen LogP contribution < -0.4 is 4.74 Å². The largest absolute Gasteiger partial charge is 0.495 e. The molecular weight excluding hydrogens is 276 g/mol. The number of hydrogen-bond acceptors (Lipinski definition) is 3. The van der Waals surface area contributed by atoms with E-state index in [1.807, 2.05) is 30.3 Å². The molecular formula is C16H17ClO3. The van der Waals surface area contributed by atoms with E-state index in [0.717, 1.165) is 5.56 Å². The van der Waals surface area contributed by atoms with Crippen molar-refractivity contribution in [3.63, 3.8) is 0 Å². The standard InChI is InChI=1S/C16H17ClO3/c1-19-11-16(18,12-6-4-3-5-7-12)13-8-9-14(17)15(10-13)20-2/h3-10,18H,11H2,1-2H3. The molecule has 3 nitrogen and oxygen atoms in total. The van der Waals surface area contributed by atoms with E-state index in [9.17, 15) is 5.11 Å². The van der Waals surface area contributed by atoms with E-state index in [2.05, 4.69) is 0 Å². The first-order valence-corrected chi connectivity index (χ1v) is 6.60. The number of halogens is 1. The molecule has 2 aromatic carbocycles. The van der Waals surface area contributed by atoms with Gasteiger partial charge < -0.3 is 14.6 Å². The molecule has 1 N–H and O–H groups in total. The minimum absolute atomic E-state index is 0.141. The molecule has 2 aromatic rings. The van der Waals surface area contributed by atoms with Crippen molar-refractivity contribution in [2.24, 2.45) is 0 Å². The number of benzene rings is 2. The molecule has 0 saturated carbocycles. The lowest BCUT2D eigenvalue weighted by Crippen LogP contribution is -2.32. The van der Waals surface area contributed by atoms with Crippen LogP contribution in [-0.2, 0) is 10.3 Å². The Morgan fingerprint density at radius 3 is 2.35 bits per heavy atom. The maximum absolute atomic E-state index is 11.0. The maximum Gasteiger partial charge on any atom is 0.138 e. The molecule has 0 fully saturated rings. The number of methoxy groups -OCH3 is 2. The Labute approximate surface area is 123 Å². The van der Waals surface area contributed by atoms with Crippen molar-refractivity contribution in [2.75, 3.05) is 20.8 Å². The third-order valence-electron chi connectivity index (χ3n) is 3.23. The molecule has 1 unspecified atom stereocenters. The van der Waals surface area contributed by atoms with Gasteiger partial charge in [-0.3, -0.25) is 0 Å². The van der Waals surface area contributed by atoms with Crippen LogP contribution in [0.1, 0.15) is 11.1 Å². The molecule has 1 atom stereocenters. The Hall–Kier alpha value is -1.55. The third-order valence-corrected chi connectivity index (χ3v) is 3.55. The fourth-order valence-electron chi connectivity index (χ4n) is 2.17. The van der Waals surface area contributed by atoms with Gasteiger partial charge in [-0.1, -0.05) is 48.0 Å². The quantitative estimate of drug-likeness (QED) is 0.919. The van der Waals surface area contributed by atoms with Crippen LogP contribution in [0.25, 0.3) is 0 Å². The Morgan fingerprint density at radius 1 is 1.05 bits per heavy atom. The highest BCUT2D eigenvalue weighted by molar-refractivity contribution is 6.32. The summed E-state index contributed by atoms with van der Waals surface area (Å²) in [4.78, 5) is 0. The van der Waals surface area contributed by atoms with Crippen molar-refractivity contribution in [3.05, 3.63) is 64.7 Å². The summed E-state index contributed by atoms with van der Waals surface area (Å²) in [5.41, 5.74) is 0.187. The van der Waals surface area contributed by atoms with Gasteiger partial charge in [-0.15, -0.1) is 0 Å². The zero-order chi connectivity index (χ0) is 14.6. The first-order chi connectivity index (χ1) is 9.61. The Kier molecular flexibility index (Phi) is 4.65. The van der Waals surface area contributed by atoms with Gasteiger partial charge in [0.15, 0.2) is 0 Å². The van der Waals surface area contributed by atoms with Crippen LogP contribution in [0.4, 0.5) is 0 Å². The van der Waals surface area contributed by atoms with Crippen LogP contribution in [0.2, 0.25) is 5.02 Å². The molecule has 20 heavy (non-hydrogen) atoms. The van der Waals surface area contributed by atoms with Crippen molar-refractivity contribution in [1.29, 1.82) is 0 Å². The average Bonchev–Trinajstić information content (AvgIpc) is 2.48. The number of ether oxygens (including phenoxy) is 2. The highest BCUT2D eigenvalue weighted by Crippen LogP contribution is 2.34. The summed E-state index contributed by atoms with van der Waals surface area (Å²) in [5.74, 6) is 0.523.